The average Bonchev–Trinajstić information content (AvgIpc) is 3.01. The lowest BCUT2D eigenvalue weighted by molar-refractivity contribution is -0.146. The lowest BCUT2D eigenvalue weighted by atomic mass is 9.36. The molecule has 2 heterocycles. The highest BCUT2D eigenvalue weighted by atomic mass is 19.4. The van der Waals surface area contributed by atoms with Crippen molar-refractivity contribution in [3.05, 3.63) is 47.3 Å². The van der Waals surface area contributed by atoms with E-state index in [4.69, 9.17) is 4.98 Å². The second-order valence-electron chi connectivity index (χ2n) is 9.01. The van der Waals surface area contributed by atoms with Crippen LogP contribution in [0.5, 0.6) is 0 Å². The first-order valence-corrected chi connectivity index (χ1v) is 9.76. The third kappa shape index (κ3) is 1.51. The molecule has 4 aliphatic rings. The summed E-state index contributed by atoms with van der Waals surface area (Å²) in [6.07, 6.45) is 3.83. The average molecular weight is 366 g/mol. The van der Waals surface area contributed by atoms with Crippen molar-refractivity contribution in [3.63, 3.8) is 0 Å². The maximum Gasteiger partial charge on any atom is 0.418 e. The summed E-state index contributed by atoms with van der Waals surface area (Å²) in [7, 11) is 0. The molecule has 3 aromatic rings. The van der Waals surface area contributed by atoms with Gasteiger partial charge in [0.1, 0.15) is 0 Å². The molecular weight excluding hydrogens is 349 g/mol. The van der Waals surface area contributed by atoms with Crippen LogP contribution in [0.2, 0.25) is 0 Å². The maximum absolute atomic E-state index is 13.8. The molecule has 7 rings (SSSR count). The third-order valence-electron chi connectivity index (χ3n) is 8.31. The van der Waals surface area contributed by atoms with Crippen LogP contribution in [0.4, 0.5) is 13.2 Å². The lowest BCUT2D eigenvalue weighted by Crippen LogP contribution is -2.59. The number of nitrogens with zero attached hydrogens (tertiary/aromatic N) is 2. The van der Waals surface area contributed by atoms with E-state index >= 15 is 0 Å². The summed E-state index contributed by atoms with van der Waals surface area (Å²) < 4.78 is 41.5. The fourth-order valence-electron chi connectivity index (χ4n) is 7.35. The second kappa shape index (κ2) is 4.29. The number of alkyl halides is 3. The van der Waals surface area contributed by atoms with Gasteiger partial charge in [-0.1, -0.05) is 0 Å². The largest absolute Gasteiger partial charge is 0.418 e. The highest BCUT2D eigenvalue weighted by molar-refractivity contribution is 6.07. The van der Waals surface area contributed by atoms with Crippen molar-refractivity contribution in [1.29, 1.82) is 0 Å². The first kappa shape index (κ1) is 14.8. The zero-order chi connectivity index (χ0) is 18.1. The van der Waals surface area contributed by atoms with Crippen LogP contribution >= 0.6 is 0 Å². The molecule has 0 aliphatic heterocycles. The van der Waals surface area contributed by atoms with Gasteiger partial charge in [-0.2, -0.15) is 13.2 Å². The van der Waals surface area contributed by atoms with Crippen LogP contribution in [-0.2, 0) is 6.18 Å². The zero-order valence-corrected chi connectivity index (χ0v) is 14.6. The minimum atomic E-state index is -4.42. The normalized spacial score (nSPS) is 35.5. The van der Waals surface area contributed by atoms with Gasteiger partial charge in [0.15, 0.2) is 0 Å². The Morgan fingerprint density at radius 2 is 1.85 bits per heavy atom. The second-order valence-corrected chi connectivity index (χ2v) is 9.01. The van der Waals surface area contributed by atoms with Gasteiger partial charge < -0.3 is 0 Å². The van der Waals surface area contributed by atoms with Gasteiger partial charge in [0, 0.05) is 23.2 Å². The molecule has 0 N–H and O–H groups in total. The Kier molecular flexibility index (Phi) is 2.36. The van der Waals surface area contributed by atoms with Crippen LogP contribution in [0.1, 0.15) is 54.2 Å². The lowest BCUT2D eigenvalue weighted by Gasteiger charge is -2.68. The van der Waals surface area contributed by atoms with Gasteiger partial charge in [0.2, 0.25) is 0 Å². The minimum Gasteiger partial charge on any atom is -0.256 e. The summed E-state index contributed by atoms with van der Waals surface area (Å²) >= 11 is 0. The number of pyridine rings is 2. The van der Waals surface area contributed by atoms with Crippen LogP contribution in [-0.4, -0.2) is 9.97 Å². The van der Waals surface area contributed by atoms with Gasteiger partial charge in [-0.15, -0.1) is 0 Å². The number of halogens is 3. The van der Waals surface area contributed by atoms with E-state index in [1.165, 1.54) is 42.7 Å². The molecule has 0 saturated heterocycles. The number of hydrogen-bond donors (Lipinski definition) is 0. The molecule has 0 amide bonds. The van der Waals surface area contributed by atoms with Crippen LogP contribution in [0.15, 0.2) is 30.6 Å². The molecule has 2 bridgehead atoms. The smallest absolute Gasteiger partial charge is 0.256 e. The van der Waals surface area contributed by atoms with Crippen molar-refractivity contribution < 1.29 is 13.2 Å². The third-order valence-corrected chi connectivity index (χ3v) is 8.31. The SMILES string of the molecule is FC(F)(F)c1cc2c3c(cnc2c2cccnc12)C1CC2CC4CC3CC421. The van der Waals surface area contributed by atoms with E-state index in [-0.39, 0.29) is 5.52 Å². The Morgan fingerprint density at radius 3 is 2.67 bits per heavy atom. The minimum absolute atomic E-state index is 0.00688. The van der Waals surface area contributed by atoms with Gasteiger partial charge >= 0.3 is 6.18 Å². The van der Waals surface area contributed by atoms with Crippen molar-refractivity contribution in [1.82, 2.24) is 9.97 Å². The Bertz CT molecular complexity index is 1170. The fraction of sp³-hybridized carbons (Fsp3) is 0.455. The molecule has 5 unspecified atom stereocenters. The molecular formula is C22H17F3N2. The Morgan fingerprint density at radius 1 is 1.00 bits per heavy atom. The number of aromatic nitrogens is 2. The van der Waals surface area contributed by atoms with Crippen molar-refractivity contribution in [2.45, 2.75) is 43.7 Å². The first-order chi connectivity index (χ1) is 13.0. The molecule has 136 valence electrons. The van der Waals surface area contributed by atoms with E-state index in [0.29, 0.717) is 33.5 Å². The summed E-state index contributed by atoms with van der Waals surface area (Å²) in [6.45, 7) is 0. The Hall–Kier alpha value is -2.17. The van der Waals surface area contributed by atoms with E-state index in [2.05, 4.69) is 4.98 Å². The number of hydrogen-bond acceptors (Lipinski definition) is 2. The zero-order valence-electron chi connectivity index (χ0n) is 14.6. The van der Waals surface area contributed by atoms with Gasteiger partial charge in [0.05, 0.1) is 16.6 Å². The molecule has 5 heteroatoms. The summed E-state index contributed by atoms with van der Waals surface area (Å²) in [4.78, 5) is 8.74. The number of fused-ring (bicyclic) bond motifs is 8. The van der Waals surface area contributed by atoms with Gasteiger partial charge in [0.25, 0.3) is 0 Å². The quantitative estimate of drug-likeness (QED) is 0.470. The Balaban J connectivity index is 1.60. The molecule has 1 aromatic carbocycles. The monoisotopic (exact) mass is 366 g/mol. The van der Waals surface area contributed by atoms with Crippen LogP contribution in [0, 0.1) is 17.3 Å². The van der Waals surface area contributed by atoms with Crippen molar-refractivity contribution in [2.75, 3.05) is 0 Å². The van der Waals surface area contributed by atoms with Crippen LogP contribution in [0.25, 0.3) is 21.8 Å². The molecule has 27 heavy (non-hydrogen) atoms. The molecule has 2 aromatic heterocycles. The maximum atomic E-state index is 13.8. The van der Waals surface area contributed by atoms with E-state index in [9.17, 15) is 13.2 Å². The first-order valence-electron chi connectivity index (χ1n) is 9.76. The summed E-state index contributed by atoms with van der Waals surface area (Å²) in [6, 6.07) is 4.76. The molecule has 2 nitrogen and oxygen atoms in total. The molecule has 4 aliphatic carbocycles. The summed E-state index contributed by atoms with van der Waals surface area (Å²) in [5, 5.41) is 1.22. The summed E-state index contributed by atoms with van der Waals surface area (Å²) in [5.74, 6) is 2.55. The Labute approximate surface area is 153 Å². The van der Waals surface area contributed by atoms with E-state index in [0.717, 1.165) is 18.3 Å². The van der Waals surface area contributed by atoms with Crippen LogP contribution < -0.4 is 0 Å². The van der Waals surface area contributed by atoms with Crippen LogP contribution in [0.3, 0.4) is 0 Å². The molecule has 1 spiro atoms. The molecule has 5 atom stereocenters. The number of benzene rings is 1. The van der Waals surface area contributed by atoms with E-state index in [1.54, 1.807) is 12.1 Å². The molecule has 3 saturated carbocycles. The van der Waals surface area contributed by atoms with Gasteiger partial charge in [-0.3, -0.25) is 9.97 Å². The highest BCUT2D eigenvalue weighted by Gasteiger charge is 2.72. The summed E-state index contributed by atoms with van der Waals surface area (Å²) in [5.41, 5.74) is 2.93. The molecule has 3 fully saturated rings. The predicted octanol–water partition coefficient (Wildman–Crippen LogP) is 5.80. The number of rotatable bonds is 0. The molecule has 0 radical (unpaired) electrons. The fourth-order valence-corrected chi connectivity index (χ4v) is 7.35. The van der Waals surface area contributed by atoms with Crippen molar-refractivity contribution in [3.8, 4) is 0 Å². The van der Waals surface area contributed by atoms with E-state index < -0.39 is 11.7 Å². The standard InChI is InChI=1S/C22H17F3N2/c23-22(24,25)17-7-14-18-10-4-11-5-12-6-16(21(11,12)8-10)15(18)9-27-19(14)13-2-1-3-26-20(13)17/h1-3,7,9-12,16H,4-6,8H2. The van der Waals surface area contributed by atoms with Crippen molar-refractivity contribution >= 4 is 21.8 Å². The van der Waals surface area contributed by atoms with Gasteiger partial charge in [-0.25, -0.2) is 0 Å². The van der Waals surface area contributed by atoms with Gasteiger partial charge in [-0.05, 0) is 84.1 Å². The predicted molar refractivity (Wildman–Crippen MR) is 95.4 cm³/mol. The highest BCUT2D eigenvalue weighted by Crippen LogP contribution is 2.82. The van der Waals surface area contributed by atoms with E-state index in [1.807, 2.05) is 6.20 Å². The van der Waals surface area contributed by atoms with Crippen molar-refractivity contribution in [2.24, 2.45) is 17.3 Å². The topological polar surface area (TPSA) is 25.8 Å².